The van der Waals surface area contributed by atoms with Crippen molar-refractivity contribution in [3.05, 3.63) is 41.4 Å². The molecule has 8 heteroatoms. The highest BCUT2D eigenvalue weighted by Gasteiger charge is 2.41. The number of carbonyl (C=O) groups excluding carboxylic acids is 2. The number of pyridine rings is 1. The lowest BCUT2D eigenvalue weighted by Crippen LogP contribution is -2.39. The first kappa shape index (κ1) is 21.9. The second-order valence-corrected chi connectivity index (χ2v) is 6.93. The van der Waals surface area contributed by atoms with Crippen molar-refractivity contribution in [2.75, 3.05) is 0 Å². The number of hydrogen-bond acceptors (Lipinski definition) is 4. The second-order valence-electron chi connectivity index (χ2n) is 6.93. The minimum atomic E-state index is -4.94. The number of rotatable bonds is 4. The van der Waals surface area contributed by atoms with Crippen molar-refractivity contribution in [1.29, 1.82) is 0 Å². The van der Waals surface area contributed by atoms with Gasteiger partial charge in [-0.15, -0.1) is 0 Å². The van der Waals surface area contributed by atoms with E-state index in [0.717, 1.165) is 38.5 Å². The van der Waals surface area contributed by atoms with E-state index in [9.17, 15) is 22.8 Å². The first-order valence-corrected chi connectivity index (χ1v) is 9.69. The fraction of sp³-hybridized carbons (Fsp3) is 0.550. The number of aromatic nitrogens is 1. The Morgan fingerprint density at radius 1 is 0.857 bits per heavy atom. The Morgan fingerprint density at radius 2 is 1.39 bits per heavy atom. The van der Waals surface area contributed by atoms with Crippen LogP contribution in [0.2, 0.25) is 0 Å². The smallest absolute Gasteiger partial charge is 0.302 e. The SMILES string of the molecule is O=C(NN/C1=C(\C(=O)C(F)(F)F)CCCCCCCCCC1)c1ccncc1. The average Bonchev–Trinajstić information content (AvgIpc) is 2.67. The third-order valence-corrected chi connectivity index (χ3v) is 4.77. The molecule has 0 atom stereocenters. The molecule has 1 heterocycles. The first-order valence-electron chi connectivity index (χ1n) is 9.69. The Kier molecular flexibility index (Phi) is 8.47. The largest absolute Gasteiger partial charge is 0.454 e. The van der Waals surface area contributed by atoms with E-state index in [4.69, 9.17) is 0 Å². The number of amides is 1. The number of hydrazine groups is 1. The fourth-order valence-corrected chi connectivity index (χ4v) is 3.23. The summed E-state index contributed by atoms with van der Waals surface area (Å²) in [6, 6.07) is 2.99. The fourth-order valence-electron chi connectivity index (χ4n) is 3.23. The zero-order chi connectivity index (χ0) is 20.4. The molecule has 2 rings (SSSR count). The van der Waals surface area contributed by atoms with Crippen LogP contribution in [-0.2, 0) is 4.79 Å². The summed E-state index contributed by atoms with van der Waals surface area (Å²) in [5.74, 6) is -2.33. The quantitative estimate of drug-likeness (QED) is 0.728. The number of hydrogen-bond donors (Lipinski definition) is 2. The van der Waals surface area contributed by atoms with Crippen LogP contribution < -0.4 is 10.9 Å². The molecule has 28 heavy (non-hydrogen) atoms. The van der Waals surface area contributed by atoms with Gasteiger partial charge in [0.15, 0.2) is 0 Å². The maximum atomic E-state index is 13.1. The zero-order valence-electron chi connectivity index (χ0n) is 15.8. The van der Waals surface area contributed by atoms with Crippen molar-refractivity contribution < 1.29 is 22.8 Å². The van der Waals surface area contributed by atoms with Crippen molar-refractivity contribution in [2.45, 2.75) is 70.4 Å². The summed E-state index contributed by atoms with van der Waals surface area (Å²) in [6.45, 7) is 0. The van der Waals surface area contributed by atoms with E-state index >= 15 is 0 Å². The minimum Gasteiger partial charge on any atom is -0.302 e. The molecule has 0 bridgehead atoms. The van der Waals surface area contributed by atoms with Crippen LogP contribution in [0.4, 0.5) is 13.2 Å². The molecule has 0 aliphatic heterocycles. The number of alkyl halides is 3. The lowest BCUT2D eigenvalue weighted by molar-refractivity contribution is -0.166. The molecule has 1 aromatic heterocycles. The molecule has 0 spiro atoms. The summed E-state index contributed by atoms with van der Waals surface area (Å²) in [6.07, 6.45) is 5.26. The zero-order valence-corrected chi connectivity index (χ0v) is 15.8. The van der Waals surface area contributed by atoms with Crippen LogP contribution in [0.25, 0.3) is 0 Å². The van der Waals surface area contributed by atoms with E-state index in [1.165, 1.54) is 24.5 Å². The molecule has 5 nitrogen and oxygen atoms in total. The molecule has 0 saturated heterocycles. The predicted octanol–water partition coefficient (Wildman–Crippen LogP) is 4.62. The Morgan fingerprint density at radius 3 is 1.96 bits per heavy atom. The highest BCUT2D eigenvalue weighted by atomic mass is 19.4. The van der Waals surface area contributed by atoms with Gasteiger partial charge in [-0.3, -0.25) is 20.0 Å². The Balaban J connectivity index is 2.21. The van der Waals surface area contributed by atoms with Gasteiger partial charge in [0.05, 0.1) is 0 Å². The van der Waals surface area contributed by atoms with Crippen LogP contribution in [0.1, 0.15) is 74.6 Å². The Labute approximate surface area is 162 Å². The van der Waals surface area contributed by atoms with Crippen LogP contribution in [0, 0.1) is 0 Å². The third kappa shape index (κ3) is 6.98. The van der Waals surface area contributed by atoms with E-state index in [1.807, 2.05) is 0 Å². The van der Waals surface area contributed by atoms with Crippen LogP contribution in [0.15, 0.2) is 35.8 Å². The highest BCUT2D eigenvalue weighted by Crippen LogP contribution is 2.28. The van der Waals surface area contributed by atoms with Crippen molar-refractivity contribution in [2.24, 2.45) is 0 Å². The van der Waals surface area contributed by atoms with Crippen LogP contribution >= 0.6 is 0 Å². The standard InChI is InChI=1S/C20H26F3N3O2/c21-20(22,23)18(27)16-9-7-5-3-1-2-4-6-8-10-17(16)25-26-19(28)15-11-13-24-14-12-15/h11-14,25H,1-10H2,(H,26,28)/b17-16-. The molecule has 0 unspecified atom stereocenters. The van der Waals surface area contributed by atoms with Gasteiger partial charge in [0.25, 0.3) is 11.7 Å². The number of allylic oxidation sites excluding steroid dienone is 2. The van der Waals surface area contributed by atoms with E-state index in [1.54, 1.807) is 0 Å². The highest BCUT2D eigenvalue weighted by molar-refractivity contribution is 6.00. The summed E-state index contributed by atoms with van der Waals surface area (Å²) in [5, 5.41) is 0. The maximum absolute atomic E-state index is 13.1. The number of nitrogens with zero attached hydrogens (tertiary/aromatic N) is 1. The van der Waals surface area contributed by atoms with Gasteiger partial charge in [-0.05, 0) is 37.8 Å². The van der Waals surface area contributed by atoms with Crippen LogP contribution in [0.5, 0.6) is 0 Å². The molecule has 1 aliphatic carbocycles. The topological polar surface area (TPSA) is 71.1 Å². The van der Waals surface area contributed by atoms with Crippen molar-refractivity contribution in [3.8, 4) is 0 Å². The molecule has 0 saturated carbocycles. The molecule has 0 fully saturated rings. The van der Waals surface area contributed by atoms with Gasteiger partial charge in [-0.25, -0.2) is 0 Å². The van der Waals surface area contributed by atoms with E-state index in [0.29, 0.717) is 18.4 Å². The van der Waals surface area contributed by atoms with Gasteiger partial charge >= 0.3 is 6.18 Å². The summed E-state index contributed by atoms with van der Waals surface area (Å²) >= 11 is 0. The lowest BCUT2D eigenvalue weighted by Gasteiger charge is -2.19. The monoisotopic (exact) mass is 397 g/mol. The molecule has 1 amide bonds. The summed E-state index contributed by atoms with van der Waals surface area (Å²) < 4.78 is 39.4. The average molecular weight is 397 g/mol. The minimum absolute atomic E-state index is 0.0474. The summed E-state index contributed by atoms with van der Waals surface area (Å²) in [7, 11) is 0. The number of halogens is 3. The van der Waals surface area contributed by atoms with Crippen LogP contribution in [-0.4, -0.2) is 22.9 Å². The van der Waals surface area contributed by atoms with E-state index in [-0.39, 0.29) is 24.1 Å². The predicted molar refractivity (Wildman–Crippen MR) is 99.1 cm³/mol. The molecule has 0 aromatic carbocycles. The van der Waals surface area contributed by atoms with Gasteiger partial charge < -0.3 is 5.43 Å². The molecule has 1 aromatic rings. The maximum Gasteiger partial charge on any atom is 0.454 e. The van der Waals surface area contributed by atoms with Gasteiger partial charge in [0.2, 0.25) is 0 Å². The first-order chi connectivity index (χ1) is 13.4. The number of ketones is 1. The van der Waals surface area contributed by atoms with Crippen LogP contribution in [0.3, 0.4) is 0 Å². The van der Waals surface area contributed by atoms with Gasteiger partial charge in [-0.2, -0.15) is 13.2 Å². The number of carbonyl (C=O) groups is 2. The van der Waals surface area contributed by atoms with E-state index in [2.05, 4.69) is 15.8 Å². The van der Waals surface area contributed by atoms with E-state index < -0.39 is 17.9 Å². The third-order valence-electron chi connectivity index (χ3n) is 4.77. The molecule has 1 aliphatic rings. The van der Waals surface area contributed by atoms with Gasteiger partial charge in [-0.1, -0.05) is 38.5 Å². The number of nitrogens with one attached hydrogen (secondary N) is 2. The van der Waals surface area contributed by atoms with Crippen molar-refractivity contribution in [1.82, 2.24) is 15.8 Å². The van der Waals surface area contributed by atoms with Crippen molar-refractivity contribution >= 4 is 11.7 Å². The van der Waals surface area contributed by atoms with Gasteiger partial charge in [0.1, 0.15) is 0 Å². The molecule has 2 N–H and O–H groups in total. The van der Waals surface area contributed by atoms with Crippen molar-refractivity contribution in [3.63, 3.8) is 0 Å². The molecular formula is C20H26F3N3O2. The van der Waals surface area contributed by atoms with Gasteiger partial charge in [0, 0.05) is 29.2 Å². The molecule has 0 radical (unpaired) electrons. The number of Topliss-reactive ketones (excluding diaryl/α,β-unsaturated/α-hetero) is 1. The second kappa shape index (κ2) is 10.8. The molecular weight excluding hydrogens is 371 g/mol. The normalized spacial score (nSPS) is 19.8. The summed E-state index contributed by atoms with van der Waals surface area (Å²) in [5.41, 5.74) is 5.24. The Bertz CT molecular complexity index is 688. The summed E-state index contributed by atoms with van der Waals surface area (Å²) in [4.78, 5) is 28.0. The molecule has 154 valence electrons. The lowest BCUT2D eigenvalue weighted by atomic mass is 9.96. The Hall–Kier alpha value is -2.38.